The maximum absolute atomic E-state index is 14.9. The zero-order valence-electron chi connectivity index (χ0n) is 46.1. The highest BCUT2D eigenvalue weighted by atomic mass is 32.1. The fourth-order valence-electron chi connectivity index (χ4n) is 8.62. The van der Waals surface area contributed by atoms with Crippen LogP contribution in [0.1, 0.15) is 127 Å². The molecule has 23 heteroatoms. The molecule has 18 nitrogen and oxygen atoms in total. The van der Waals surface area contributed by atoms with Crippen molar-refractivity contribution in [2.24, 2.45) is 0 Å². The predicted molar refractivity (Wildman–Crippen MR) is 302 cm³/mol. The molecule has 0 aliphatic carbocycles. The third-order valence-electron chi connectivity index (χ3n) is 13.0. The number of benzene rings is 2. The smallest absolute Gasteiger partial charge is 0.420 e. The summed E-state index contributed by atoms with van der Waals surface area (Å²) >= 11 is 3.60. The molecule has 3 aromatic heterocycles. The van der Waals surface area contributed by atoms with Gasteiger partial charge in [-0.3, -0.25) is 10.1 Å². The van der Waals surface area contributed by atoms with Gasteiger partial charge in [0.1, 0.15) is 50.0 Å². The number of amides is 4. The van der Waals surface area contributed by atoms with Gasteiger partial charge in [-0.25, -0.2) is 38.9 Å². The van der Waals surface area contributed by atoms with Gasteiger partial charge in [0.25, 0.3) is 0 Å². The summed E-state index contributed by atoms with van der Waals surface area (Å²) in [4.78, 5) is 98.1. The number of hydrogen-bond acceptors (Lipinski definition) is 18. The van der Waals surface area contributed by atoms with E-state index in [0.717, 1.165) is 45.0 Å². The van der Waals surface area contributed by atoms with E-state index < -0.39 is 99.3 Å². The number of nitrogens with zero attached hydrogens (tertiary/aromatic N) is 4. The first-order valence-corrected chi connectivity index (χ1v) is 35.8. The van der Waals surface area contributed by atoms with E-state index in [0.29, 0.717) is 27.1 Å². The molecule has 5 aromatic rings. The average molecular weight is 1150 g/mol. The van der Waals surface area contributed by atoms with Crippen molar-refractivity contribution in [3.8, 4) is 11.1 Å². The normalized spacial score (nSPS) is 20.4. The van der Waals surface area contributed by atoms with Crippen LogP contribution < -0.4 is 16.0 Å². The van der Waals surface area contributed by atoms with E-state index in [2.05, 4.69) is 55.2 Å². The summed E-state index contributed by atoms with van der Waals surface area (Å²) in [6.45, 7) is 25.5. The number of esters is 2. The Labute approximate surface area is 464 Å². The third-order valence-corrected chi connectivity index (χ3v) is 19.3. The molecule has 6 atom stereocenters. The number of aromatic nitrogens is 3. The van der Waals surface area contributed by atoms with Crippen molar-refractivity contribution in [2.45, 2.75) is 160 Å². The fourth-order valence-corrected chi connectivity index (χ4v) is 13.0. The molecule has 3 N–H and O–H groups in total. The standard InChI is InChI=1S/C54H71N7O11S3Si2/c1-32(55-49(65)71-53(6,7)36-21-19-35(20-22-36)34-17-15-14-16-18-34)43(62)60-54(48-59-40(31-75-48)47(64)69-26-28-77(11,12)13)24-23-37(44-58-39(30-73-44)46(63)68-25-27-76(8,9)10)56-42(54)38-29-74-45(57-38)41-33(2)70-50(66)61(41)51(67)72-52(3,4)5/h14-22,29-33,37,41-42,56H,23-28H2,1-13H3,(H,55,65)(H,60,62)/t32-,33+,37+,41-,42+,54+/m0/s1. The van der Waals surface area contributed by atoms with Crippen molar-refractivity contribution in [1.82, 2.24) is 35.8 Å². The molecule has 0 unspecified atom stereocenters. The average Bonchev–Trinajstić information content (AvgIpc) is 4.19. The van der Waals surface area contributed by atoms with E-state index in [1.54, 1.807) is 57.7 Å². The zero-order chi connectivity index (χ0) is 56.3. The van der Waals surface area contributed by atoms with Gasteiger partial charge in [-0.15, -0.1) is 34.0 Å². The molecule has 4 amide bonds. The number of piperidine rings is 1. The van der Waals surface area contributed by atoms with E-state index in [1.165, 1.54) is 29.6 Å². The molecule has 5 heterocycles. The van der Waals surface area contributed by atoms with Crippen molar-refractivity contribution >= 4 is 86.3 Å². The number of carbonyl (C=O) groups excluding carboxylic acids is 6. The van der Waals surface area contributed by atoms with Gasteiger partial charge in [0.15, 0.2) is 11.4 Å². The van der Waals surface area contributed by atoms with Crippen LogP contribution in [0.5, 0.6) is 0 Å². The molecular weight excluding hydrogens is 1080 g/mol. The summed E-state index contributed by atoms with van der Waals surface area (Å²) in [7, 11) is -3.05. The Balaban J connectivity index is 1.23. The predicted octanol–water partition coefficient (Wildman–Crippen LogP) is 11.8. The summed E-state index contributed by atoms with van der Waals surface area (Å²) in [5.74, 6) is -1.76. The van der Waals surface area contributed by atoms with Crippen molar-refractivity contribution in [1.29, 1.82) is 0 Å². The van der Waals surface area contributed by atoms with Crippen molar-refractivity contribution < 1.29 is 52.5 Å². The van der Waals surface area contributed by atoms with Gasteiger partial charge < -0.3 is 34.3 Å². The lowest BCUT2D eigenvalue weighted by molar-refractivity contribution is -0.126. The monoisotopic (exact) mass is 1150 g/mol. The number of ether oxygens (including phenoxy) is 5. The van der Waals surface area contributed by atoms with Crippen LogP contribution in [0.2, 0.25) is 51.4 Å². The Morgan fingerprint density at radius 2 is 1.38 bits per heavy atom. The fraction of sp³-hybridized carbons (Fsp3) is 0.500. The maximum Gasteiger partial charge on any atom is 0.420 e. The highest BCUT2D eigenvalue weighted by Crippen LogP contribution is 2.49. The summed E-state index contributed by atoms with van der Waals surface area (Å²) in [6, 6.07) is 15.5. The number of cyclic esters (lactones) is 1. The summed E-state index contributed by atoms with van der Waals surface area (Å²) < 4.78 is 28.6. The summed E-state index contributed by atoms with van der Waals surface area (Å²) in [5, 5.41) is 15.9. The number of carbonyl (C=O) groups is 6. The zero-order valence-corrected chi connectivity index (χ0v) is 50.5. The van der Waals surface area contributed by atoms with Crippen molar-refractivity contribution in [2.75, 3.05) is 13.2 Å². The molecular formula is C54H71N7O11S3Si2. The Morgan fingerprint density at radius 1 is 0.792 bits per heavy atom. The first-order chi connectivity index (χ1) is 36.0. The topological polar surface area (TPSA) is 227 Å². The number of hydrogen-bond donors (Lipinski definition) is 3. The molecule has 2 fully saturated rings. The molecule has 2 aliphatic rings. The molecule has 2 aliphatic heterocycles. The third kappa shape index (κ3) is 14.8. The Hall–Kier alpha value is -5.86. The largest absolute Gasteiger partial charge is 0.461 e. The van der Waals surface area contributed by atoms with Crippen LogP contribution in [0.4, 0.5) is 14.4 Å². The number of nitrogens with one attached hydrogen (secondary N) is 3. The number of rotatable bonds is 18. The second kappa shape index (κ2) is 23.6. The van der Waals surface area contributed by atoms with Gasteiger partial charge in [-0.2, -0.15) is 4.90 Å². The number of alkyl carbamates (subject to hydrolysis) is 1. The highest BCUT2D eigenvalue weighted by Gasteiger charge is 2.53. The van der Waals surface area contributed by atoms with Crippen LogP contribution in [0, 0.1) is 0 Å². The Kier molecular flexibility index (Phi) is 18.0. The van der Waals surface area contributed by atoms with Crippen LogP contribution in [-0.2, 0) is 39.6 Å². The minimum Gasteiger partial charge on any atom is -0.461 e. The second-order valence-electron chi connectivity index (χ2n) is 23.4. The molecule has 2 aromatic carbocycles. The molecule has 0 spiro atoms. The van der Waals surface area contributed by atoms with Crippen LogP contribution in [0.25, 0.3) is 11.1 Å². The van der Waals surface area contributed by atoms with Gasteiger partial charge in [-0.1, -0.05) is 93.9 Å². The van der Waals surface area contributed by atoms with Gasteiger partial charge in [0.05, 0.1) is 31.0 Å². The molecule has 7 rings (SSSR count). The molecule has 0 bridgehead atoms. The lowest BCUT2D eigenvalue weighted by Crippen LogP contribution is -2.60. The van der Waals surface area contributed by atoms with Crippen molar-refractivity contribution in [3.05, 3.63) is 108 Å². The van der Waals surface area contributed by atoms with Crippen LogP contribution >= 0.6 is 34.0 Å². The van der Waals surface area contributed by atoms with Gasteiger partial charge in [0.2, 0.25) is 5.91 Å². The first-order valence-electron chi connectivity index (χ1n) is 25.7. The molecule has 414 valence electrons. The van der Waals surface area contributed by atoms with E-state index in [-0.39, 0.29) is 31.0 Å². The lowest BCUT2D eigenvalue weighted by atomic mass is 9.78. The quantitative estimate of drug-likeness (QED) is 0.0421. The maximum atomic E-state index is 14.9. The Bertz CT molecular complexity index is 2930. The van der Waals surface area contributed by atoms with Gasteiger partial charge in [-0.05, 0) is 90.1 Å². The highest BCUT2D eigenvalue weighted by molar-refractivity contribution is 7.10. The lowest BCUT2D eigenvalue weighted by Gasteiger charge is -2.46. The minimum atomic E-state index is -1.56. The van der Waals surface area contributed by atoms with Crippen LogP contribution in [-0.4, -0.2) is 103 Å². The minimum absolute atomic E-state index is 0.0449. The van der Waals surface area contributed by atoms with E-state index in [9.17, 15) is 28.8 Å². The van der Waals surface area contributed by atoms with Gasteiger partial charge in [0, 0.05) is 32.3 Å². The van der Waals surface area contributed by atoms with Crippen LogP contribution in [0.15, 0.2) is 70.7 Å². The van der Waals surface area contributed by atoms with Gasteiger partial charge >= 0.3 is 30.2 Å². The van der Waals surface area contributed by atoms with E-state index in [1.807, 2.05) is 54.6 Å². The molecule has 0 saturated carbocycles. The second-order valence-corrected chi connectivity index (χ2v) is 37.2. The van der Waals surface area contributed by atoms with Crippen LogP contribution in [0.3, 0.4) is 0 Å². The summed E-state index contributed by atoms with van der Waals surface area (Å²) in [6.07, 6.45) is -2.94. The number of thiazole rings is 3. The van der Waals surface area contributed by atoms with E-state index >= 15 is 0 Å². The Morgan fingerprint density at radius 3 is 1.99 bits per heavy atom. The molecule has 0 radical (unpaired) electrons. The molecule has 77 heavy (non-hydrogen) atoms. The van der Waals surface area contributed by atoms with E-state index in [4.69, 9.17) is 38.6 Å². The first kappa shape index (κ1) is 58.8. The summed E-state index contributed by atoms with van der Waals surface area (Å²) in [5.41, 5.74) is -0.151. The SMILES string of the molecule is C[C@H](NC(=O)OC(C)(C)c1ccc(-c2ccccc2)cc1)C(=O)N[C@]1(c2nc(C(=O)OCC[Si](C)(C)C)cs2)CC[C@H](c2nc(C(=O)OCC[Si](C)(C)C)cs2)N[C@@H]1c1csc([C@@H]2[C@@H](C)OC(=O)N2C(=O)OC(C)(C)C)n1. The number of imide groups is 1. The van der Waals surface area contributed by atoms with Crippen molar-refractivity contribution in [3.63, 3.8) is 0 Å². The molecule has 2 saturated heterocycles.